The van der Waals surface area contributed by atoms with Gasteiger partial charge >= 0.3 is 5.97 Å². The number of carbonyl (C=O) groups is 1. The minimum Gasteiger partial charge on any atom is -0.457 e. The van der Waals surface area contributed by atoms with E-state index >= 15 is 0 Å². The van der Waals surface area contributed by atoms with Gasteiger partial charge in [-0.2, -0.15) is 0 Å². The molecule has 19 heavy (non-hydrogen) atoms. The van der Waals surface area contributed by atoms with E-state index in [1.807, 2.05) is 13.0 Å². The van der Waals surface area contributed by atoms with Gasteiger partial charge in [0.2, 0.25) is 0 Å². The molecule has 0 spiro atoms. The predicted octanol–water partition coefficient (Wildman–Crippen LogP) is 3.71. The molecule has 2 rings (SSSR count). The Kier molecular flexibility index (Phi) is 6.95. The van der Waals surface area contributed by atoms with Crippen molar-refractivity contribution in [3.05, 3.63) is 66.5 Å². The van der Waals surface area contributed by atoms with Crippen molar-refractivity contribution in [2.75, 3.05) is 6.61 Å². The third-order valence-electron chi connectivity index (χ3n) is 2.34. The number of pyridine rings is 1. The molecule has 0 radical (unpaired) electrons. The lowest BCUT2D eigenvalue weighted by molar-refractivity contribution is 0.0542. The maximum Gasteiger partial charge on any atom is 0.340 e. The fraction of sp³-hybridized carbons (Fsp3) is 0.250. The van der Waals surface area contributed by atoms with Crippen LogP contribution in [0.4, 0.5) is 0 Å². The second-order valence-electron chi connectivity index (χ2n) is 3.98. The number of ether oxygens (including phenoxy) is 1. The predicted molar refractivity (Wildman–Crippen MR) is 76.8 cm³/mol. The summed E-state index contributed by atoms with van der Waals surface area (Å²) in [5.74, 6) is -0.326. The maximum absolute atomic E-state index is 11.6. The van der Waals surface area contributed by atoms with Crippen LogP contribution in [-0.2, 0) is 4.74 Å². The minimum absolute atomic E-state index is 0.326. The number of aromatic nitrogens is 1. The van der Waals surface area contributed by atoms with Crippen LogP contribution in [-0.4, -0.2) is 17.6 Å². The fourth-order valence-electron chi connectivity index (χ4n) is 1.49. The molecule has 1 aromatic heterocycles. The molecular weight excluding hydrogens is 238 g/mol. The molecule has 0 fully saturated rings. The number of carbonyl (C=O) groups excluding carboxylic acids is 1. The summed E-state index contributed by atoms with van der Waals surface area (Å²) in [7, 11) is 0. The molecule has 0 unspecified atom stereocenters. The van der Waals surface area contributed by atoms with Crippen molar-refractivity contribution < 1.29 is 9.53 Å². The van der Waals surface area contributed by atoms with Gasteiger partial charge in [-0.05, 0) is 37.5 Å². The summed E-state index contributed by atoms with van der Waals surface area (Å²) in [4.78, 5) is 15.4. The van der Waals surface area contributed by atoms with Crippen LogP contribution >= 0.6 is 0 Å². The molecule has 1 aliphatic rings. The molecule has 0 bridgehead atoms. The zero-order chi connectivity index (χ0) is 13.9. The van der Waals surface area contributed by atoms with E-state index in [1.165, 1.54) is 6.20 Å². The van der Waals surface area contributed by atoms with Gasteiger partial charge in [0.1, 0.15) is 6.61 Å². The molecule has 0 aromatic carbocycles. The summed E-state index contributed by atoms with van der Waals surface area (Å²) < 4.78 is 5.17. The van der Waals surface area contributed by atoms with Crippen molar-refractivity contribution in [2.45, 2.75) is 19.8 Å². The molecule has 3 nitrogen and oxygen atoms in total. The van der Waals surface area contributed by atoms with Gasteiger partial charge < -0.3 is 4.74 Å². The number of rotatable bonds is 3. The molecule has 3 heteroatoms. The Labute approximate surface area is 114 Å². The van der Waals surface area contributed by atoms with Gasteiger partial charge in [0.25, 0.3) is 0 Å². The second kappa shape index (κ2) is 8.86. The van der Waals surface area contributed by atoms with Gasteiger partial charge in [-0.1, -0.05) is 24.3 Å². The zero-order valence-electron chi connectivity index (χ0n) is 11.2. The first-order valence-electron chi connectivity index (χ1n) is 6.27. The SMILES string of the molecule is C=CC.O=C(OCC1=CCCC=C1)c1cccnc1. The van der Waals surface area contributed by atoms with Crippen LogP contribution in [0.1, 0.15) is 30.1 Å². The van der Waals surface area contributed by atoms with Crippen molar-refractivity contribution in [3.63, 3.8) is 0 Å². The number of allylic oxidation sites excluding steroid dienone is 3. The highest BCUT2D eigenvalue weighted by atomic mass is 16.5. The van der Waals surface area contributed by atoms with Gasteiger partial charge in [0.15, 0.2) is 0 Å². The smallest absolute Gasteiger partial charge is 0.340 e. The first kappa shape index (κ1) is 14.9. The third kappa shape index (κ3) is 5.82. The highest BCUT2D eigenvalue weighted by Crippen LogP contribution is 2.10. The minimum atomic E-state index is -0.326. The first-order valence-corrected chi connectivity index (χ1v) is 6.27. The normalized spacial score (nSPS) is 12.8. The number of hydrogen-bond acceptors (Lipinski definition) is 3. The summed E-state index contributed by atoms with van der Waals surface area (Å²) in [6.07, 6.45) is 13.2. The Morgan fingerprint density at radius 1 is 1.53 bits per heavy atom. The van der Waals surface area contributed by atoms with Crippen molar-refractivity contribution in [1.29, 1.82) is 0 Å². The molecule has 1 heterocycles. The van der Waals surface area contributed by atoms with E-state index in [2.05, 4.69) is 23.7 Å². The molecule has 0 saturated carbocycles. The second-order valence-corrected chi connectivity index (χ2v) is 3.98. The van der Waals surface area contributed by atoms with Gasteiger partial charge in [-0.15, -0.1) is 6.58 Å². The van der Waals surface area contributed by atoms with Crippen LogP contribution in [0.15, 0.2) is 61.0 Å². The van der Waals surface area contributed by atoms with Gasteiger partial charge in [-0.25, -0.2) is 4.79 Å². The van der Waals surface area contributed by atoms with E-state index in [1.54, 1.807) is 24.4 Å². The highest BCUT2D eigenvalue weighted by Gasteiger charge is 2.07. The van der Waals surface area contributed by atoms with Gasteiger partial charge in [-0.3, -0.25) is 4.98 Å². The van der Waals surface area contributed by atoms with Crippen molar-refractivity contribution in [2.24, 2.45) is 0 Å². The largest absolute Gasteiger partial charge is 0.457 e. The molecule has 0 saturated heterocycles. The Morgan fingerprint density at radius 2 is 2.32 bits per heavy atom. The summed E-state index contributed by atoms with van der Waals surface area (Å²) in [5.41, 5.74) is 1.55. The number of hydrogen-bond donors (Lipinski definition) is 0. The van der Waals surface area contributed by atoms with Crippen LogP contribution in [0, 0.1) is 0 Å². The van der Waals surface area contributed by atoms with E-state index < -0.39 is 0 Å². The first-order chi connectivity index (χ1) is 9.27. The standard InChI is InChI=1S/C13H13NO2.C3H6/c15-13(12-7-4-8-14-9-12)16-10-11-5-2-1-3-6-11;1-3-2/h2,4-9H,1,3,10H2;3H,1H2,2H3. The topological polar surface area (TPSA) is 39.2 Å². The Balaban J connectivity index is 0.000000550. The molecule has 1 aromatic rings. The van der Waals surface area contributed by atoms with Crippen molar-refractivity contribution in [3.8, 4) is 0 Å². The number of esters is 1. The van der Waals surface area contributed by atoms with E-state index in [0.29, 0.717) is 12.2 Å². The average molecular weight is 257 g/mol. The Bertz CT molecular complexity index is 461. The van der Waals surface area contributed by atoms with Crippen LogP contribution in [0.25, 0.3) is 0 Å². The number of nitrogens with zero attached hydrogens (tertiary/aromatic N) is 1. The molecule has 0 N–H and O–H groups in total. The lowest BCUT2D eigenvalue weighted by Gasteiger charge is -2.07. The fourth-order valence-corrected chi connectivity index (χ4v) is 1.49. The van der Waals surface area contributed by atoms with Gasteiger partial charge in [0, 0.05) is 12.4 Å². The highest BCUT2D eigenvalue weighted by molar-refractivity contribution is 5.89. The van der Waals surface area contributed by atoms with Crippen molar-refractivity contribution >= 4 is 5.97 Å². The molecule has 0 atom stereocenters. The van der Waals surface area contributed by atoms with E-state index in [9.17, 15) is 4.79 Å². The average Bonchev–Trinajstić information content (AvgIpc) is 2.47. The molecular formula is C16H19NO2. The summed E-state index contributed by atoms with van der Waals surface area (Å²) in [6.45, 7) is 5.59. The lowest BCUT2D eigenvalue weighted by atomic mass is 10.1. The van der Waals surface area contributed by atoms with E-state index in [4.69, 9.17) is 4.74 Å². The summed E-state index contributed by atoms with van der Waals surface area (Å²) >= 11 is 0. The van der Waals surface area contributed by atoms with Crippen LogP contribution < -0.4 is 0 Å². The quantitative estimate of drug-likeness (QED) is 0.612. The zero-order valence-corrected chi connectivity index (χ0v) is 11.2. The van der Waals surface area contributed by atoms with Crippen LogP contribution in [0.2, 0.25) is 0 Å². The summed E-state index contributed by atoms with van der Waals surface area (Å²) in [5, 5.41) is 0. The molecule has 0 aliphatic heterocycles. The van der Waals surface area contributed by atoms with E-state index in [0.717, 1.165) is 18.4 Å². The van der Waals surface area contributed by atoms with E-state index in [-0.39, 0.29) is 5.97 Å². The summed E-state index contributed by atoms with van der Waals surface area (Å²) in [6, 6.07) is 3.41. The third-order valence-corrected chi connectivity index (χ3v) is 2.34. The van der Waals surface area contributed by atoms with Crippen LogP contribution in [0.5, 0.6) is 0 Å². The Hall–Kier alpha value is -2.16. The molecule has 1 aliphatic carbocycles. The maximum atomic E-state index is 11.6. The monoisotopic (exact) mass is 257 g/mol. The molecule has 100 valence electrons. The van der Waals surface area contributed by atoms with Gasteiger partial charge in [0.05, 0.1) is 5.56 Å². The molecule has 0 amide bonds. The van der Waals surface area contributed by atoms with Crippen molar-refractivity contribution in [1.82, 2.24) is 4.98 Å². The lowest BCUT2D eigenvalue weighted by Crippen LogP contribution is -2.08. The Morgan fingerprint density at radius 3 is 2.89 bits per heavy atom. The van der Waals surface area contributed by atoms with Crippen LogP contribution in [0.3, 0.4) is 0 Å².